The van der Waals surface area contributed by atoms with Gasteiger partial charge in [-0.25, -0.2) is 0 Å². The molecule has 0 spiro atoms. The Labute approximate surface area is 108 Å². The molecule has 0 heterocycles. The number of carbonyl (C=O) groups excluding carboxylic acids is 2. The quantitative estimate of drug-likeness (QED) is 0.849. The van der Waals surface area contributed by atoms with Gasteiger partial charge in [0, 0.05) is 12.1 Å². The van der Waals surface area contributed by atoms with Crippen LogP contribution in [0.4, 0.5) is 0 Å². The predicted molar refractivity (Wildman–Crippen MR) is 71.5 cm³/mol. The summed E-state index contributed by atoms with van der Waals surface area (Å²) in [6.07, 6.45) is 0. The zero-order chi connectivity index (χ0) is 13.7. The number of amides is 2. The minimum absolute atomic E-state index is 0.170. The average molecular weight is 248 g/mol. The topological polar surface area (TPSA) is 58.2 Å². The van der Waals surface area contributed by atoms with Gasteiger partial charge in [-0.1, -0.05) is 12.1 Å². The normalized spacial score (nSPS) is 11.8. The molecule has 1 aromatic rings. The first-order chi connectivity index (χ1) is 8.47. The summed E-state index contributed by atoms with van der Waals surface area (Å²) in [5, 5.41) is 5.37. The van der Waals surface area contributed by atoms with Crippen molar-refractivity contribution in [2.45, 2.75) is 33.7 Å². The molecular formula is C14H20N2O2. The van der Waals surface area contributed by atoms with Gasteiger partial charge >= 0.3 is 0 Å². The number of hydrogen-bond donors (Lipinski definition) is 2. The van der Waals surface area contributed by atoms with Crippen LogP contribution in [-0.2, 0) is 4.79 Å². The summed E-state index contributed by atoms with van der Waals surface area (Å²) in [7, 11) is 0. The van der Waals surface area contributed by atoms with Gasteiger partial charge in [-0.3, -0.25) is 9.59 Å². The van der Waals surface area contributed by atoms with E-state index in [1.54, 1.807) is 13.0 Å². The smallest absolute Gasteiger partial charge is 0.252 e. The average Bonchev–Trinajstić information content (AvgIpc) is 2.32. The Balaban J connectivity index is 2.77. The second-order valence-electron chi connectivity index (χ2n) is 4.34. The van der Waals surface area contributed by atoms with Gasteiger partial charge in [-0.05, 0) is 44.9 Å². The predicted octanol–water partition coefficient (Wildman–Crippen LogP) is 1.56. The molecule has 1 rings (SSSR count). The lowest BCUT2D eigenvalue weighted by molar-refractivity contribution is -0.122. The Bertz CT molecular complexity index is 455. The number of aryl methyl sites for hydroxylation is 1. The fourth-order valence-electron chi connectivity index (χ4n) is 1.66. The van der Waals surface area contributed by atoms with Crippen LogP contribution in [0.25, 0.3) is 0 Å². The lowest BCUT2D eigenvalue weighted by Crippen LogP contribution is -2.44. The van der Waals surface area contributed by atoms with E-state index in [1.165, 1.54) is 0 Å². The first kappa shape index (κ1) is 14.2. The number of likely N-dealkylation sites (N-methyl/N-ethyl adjacent to an activating group) is 1. The van der Waals surface area contributed by atoms with Crippen molar-refractivity contribution in [2.75, 3.05) is 6.54 Å². The fraction of sp³-hybridized carbons (Fsp3) is 0.429. The highest BCUT2D eigenvalue weighted by Crippen LogP contribution is 2.12. The Morgan fingerprint density at radius 2 is 1.94 bits per heavy atom. The molecule has 4 nitrogen and oxygen atoms in total. The van der Waals surface area contributed by atoms with E-state index in [9.17, 15) is 9.59 Å². The molecule has 2 N–H and O–H groups in total. The van der Waals surface area contributed by atoms with Gasteiger partial charge in [0.2, 0.25) is 5.91 Å². The van der Waals surface area contributed by atoms with Gasteiger partial charge in [0.15, 0.2) is 0 Å². The van der Waals surface area contributed by atoms with Crippen LogP contribution in [0, 0.1) is 13.8 Å². The van der Waals surface area contributed by atoms with Gasteiger partial charge in [0.05, 0.1) is 0 Å². The molecule has 0 aliphatic rings. The lowest BCUT2D eigenvalue weighted by atomic mass is 10.0. The summed E-state index contributed by atoms with van der Waals surface area (Å²) in [6, 6.07) is 5.03. The van der Waals surface area contributed by atoms with Crippen LogP contribution in [0.5, 0.6) is 0 Å². The Hall–Kier alpha value is -1.84. The molecular weight excluding hydrogens is 228 g/mol. The number of hydrogen-bond acceptors (Lipinski definition) is 2. The van der Waals surface area contributed by atoms with E-state index in [1.807, 2.05) is 32.9 Å². The van der Waals surface area contributed by atoms with Crippen LogP contribution < -0.4 is 10.6 Å². The maximum absolute atomic E-state index is 12.0. The summed E-state index contributed by atoms with van der Waals surface area (Å²) < 4.78 is 0. The highest BCUT2D eigenvalue weighted by molar-refractivity contribution is 5.98. The maximum atomic E-state index is 12.0. The molecule has 0 saturated heterocycles. The number of benzene rings is 1. The number of nitrogens with one attached hydrogen (secondary N) is 2. The third-order valence-electron chi connectivity index (χ3n) is 2.94. The molecule has 1 aromatic carbocycles. The molecule has 0 aliphatic heterocycles. The van der Waals surface area contributed by atoms with Crippen molar-refractivity contribution < 1.29 is 9.59 Å². The van der Waals surface area contributed by atoms with E-state index in [2.05, 4.69) is 10.6 Å². The SMILES string of the molecule is CCNC(=O)C(C)NC(=O)c1cccc(C)c1C. The molecule has 0 fully saturated rings. The van der Waals surface area contributed by atoms with Crippen molar-refractivity contribution in [3.05, 3.63) is 34.9 Å². The van der Waals surface area contributed by atoms with Crippen molar-refractivity contribution in [2.24, 2.45) is 0 Å². The highest BCUT2D eigenvalue weighted by Gasteiger charge is 2.17. The first-order valence-corrected chi connectivity index (χ1v) is 6.12. The van der Waals surface area contributed by atoms with Gasteiger partial charge < -0.3 is 10.6 Å². The second kappa shape index (κ2) is 6.19. The molecule has 0 radical (unpaired) electrons. The third-order valence-corrected chi connectivity index (χ3v) is 2.94. The van der Waals surface area contributed by atoms with Crippen molar-refractivity contribution in [1.82, 2.24) is 10.6 Å². The molecule has 4 heteroatoms. The Morgan fingerprint density at radius 3 is 2.56 bits per heavy atom. The van der Waals surface area contributed by atoms with Crippen LogP contribution >= 0.6 is 0 Å². The molecule has 1 unspecified atom stereocenters. The van der Waals surface area contributed by atoms with E-state index < -0.39 is 6.04 Å². The zero-order valence-corrected chi connectivity index (χ0v) is 11.3. The molecule has 0 bridgehead atoms. The molecule has 0 saturated carbocycles. The van der Waals surface area contributed by atoms with Crippen LogP contribution in [0.1, 0.15) is 35.3 Å². The molecule has 1 atom stereocenters. The highest BCUT2D eigenvalue weighted by atomic mass is 16.2. The number of carbonyl (C=O) groups is 2. The van der Waals surface area contributed by atoms with E-state index in [0.717, 1.165) is 11.1 Å². The van der Waals surface area contributed by atoms with Crippen LogP contribution in [0.3, 0.4) is 0 Å². The lowest BCUT2D eigenvalue weighted by Gasteiger charge is -2.15. The Morgan fingerprint density at radius 1 is 1.28 bits per heavy atom. The van der Waals surface area contributed by atoms with Gasteiger partial charge in [-0.15, -0.1) is 0 Å². The van der Waals surface area contributed by atoms with Gasteiger partial charge in [-0.2, -0.15) is 0 Å². The van der Waals surface area contributed by atoms with E-state index in [-0.39, 0.29) is 11.8 Å². The molecule has 2 amide bonds. The fourth-order valence-corrected chi connectivity index (χ4v) is 1.66. The summed E-state index contributed by atoms with van der Waals surface area (Å²) in [5.74, 6) is -0.383. The van der Waals surface area contributed by atoms with E-state index in [0.29, 0.717) is 12.1 Å². The minimum atomic E-state index is -0.530. The van der Waals surface area contributed by atoms with Crippen molar-refractivity contribution >= 4 is 11.8 Å². The summed E-state index contributed by atoms with van der Waals surface area (Å²) in [6.45, 7) is 7.94. The zero-order valence-electron chi connectivity index (χ0n) is 11.3. The maximum Gasteiger partial charge on any atom is 0.252 e. The standard InChI is InChI=1S/C14H20N2O2/c1-5-15-13(17)11(4)16-14(18)12-8-6-7-9(2)10(12)3/h6-8,11H,5H2,1-4H3,(H,15,17)(H,16,18). The van der Waals surface area contributed by atoms with E-state index >= 15 is 0 Å². The first-order valence-electron chi connectivity index (χ1n) is 6.12. The molecule has 0 aromatic heterocycles. The van der Waals surface area contributed by atoms with Crippen LogP contribution in [0.2, 0.25) is 0 Å². The molecule has 98 valence electrons. The summed E-state index contributed by atoms with van der Waals surface area (Å²) >= 11 is 0. The van der Waals surface area contributed by atoms with Gasteiger partial charge in [0.25, 0.3) is 5.91 Å². The number of rotatable bonds is 4. The van der Waals surface area contributed by atoms with Crippen LogP contribution in [-0.4, -0.2) is 24.4 Å². The van der Waals surface area contributed by atoms with Crippen molar-refractivity contribution in [3.63, 3.8) is 0 Å². The minimum Gasteiger partial charge on any atom is -0.355 e. The molecule has 18 heavy (non-hydrogen) atoms. The van der Waals surface area contributed by atoms with E-state index in [4.69, 9.17) is 0 Å². The Kier molecular flexibility index (Phi) is 4.89. The largest absolute Gasteiger partial charge is 0.355 e. The van der Waals surface area contributed by atoms with Gasteiger partial charge in [0.1, 0.15) is 6.04 Å². The second-order valence-corrected chi connectivity index (χ2v) is 4.34. The summed E-state index contributed by atoms with van der Waals surface area (Å²) in [4.78, 5) is 23.6. The van der Waals surface area contributed by atoms with Crippen molar-refractivity contribution in [1.29, 1.82) is 0 Å². The third kappa shape index (κ3) is 3.32. The van der Waals surface area contributed by atoms with Crippen molar-refractivity contribution in [3.8, 4) is 0 Å². The van der Waals surface area contributed by atoms with Crippen LogP contribution in [0.15, 0.2) is 18.2 Å². The monoisotopic (exact) mass is 248 g/mol. The summed E-state index contributed by atoms with van der Waals surface area (Å²) in [5.41, 5.74) is 2.62. The molecule has 0 aliphatic carbocycles.